The van der Waals surface area contributed by atoms with Crippen molar-refractivity contribution < 1.29 is 15.0 Å². The molecule has 0 unspecified atom stereocenters. The Morgan fingerprint density at radius 3 is 2.42 bits per heavy atom. The quantitative estimate of drug-likeness (QED) is 0.387. The largest absolute Gasteiger partial charge is 0.481 e. The molecule has 0 saturated heterocycles. The first-order valence-electron chi connectivity index (χ1n) is 7.73. The predicted octanol–water partition coefficient (Wildman–Crippen LogP) is 4.30. The third-order valence-electron chi connectivity index (χ3n) is 3.22. The number of carboxylic acid groups (broad SMARTS) is 1. The maximum Gasteiger partial charge on any atom is 0.303 e. The fraction of sp³-hybridized carbons (Fsp3) is 0.812. The Morgan fingerprint density at radius 1 is 1.05 bits per heavy atom. The molecule has 0 aromatic carbocycles. The van der Waals surface area contributed by atoms with Gasteiger partial charge in [-0.25, -0.2) is 0 Å². The van der Waals surface area contributed by atoms with Crippen molar-refractivity contribution in [3.63, 3.8) is 0 Å². The van der Waals surface area contributed by atoms with Crippen molar-refractivity contribution in [3.05, 3.63) is 12.2 Å². The van der Waals surface area contributed by atoms with E-state index in [1.165, 1.54) is 19.3 Å². The fourth-order valence-corrected chi connectivity index (χ4v) is 2.02. The van der Waals surface area contributed by atoms with Crippen LogP contribution in [0.4, 0.5) is 0 Å². The zero-order valence-electron chi connectivity index (χ0n) is 12.3. The molecular weight excluding hydrogens is 240 g/mol. The molecule has 0 aromatic rings. The summed E-state index contributed by atoms with van der Waals surface area (Å²) in [7, 11) is 0. The van der Waals surface area contributed by atoms with E-state index < -0.39 is 5.97 Å². The van der Waals surface area contributed by atoms with Gasteiger partial charge in [0.2, 0.25) is 0 Å². The van der Waals surface area contributed by atoms with E-state index in [0.29, 0.717) is 0 Å². The lowest BCUT2D eigenvalue weighted by molar-refractivity contribution is -0.137. The second-order valence-electron chi connectivity index (χ2n) is 5.19. The highest BCUT2D eigenvalue weighted by molar-refractivity contribution is 5.66. The van der Waals surface area contributed by atoms with Crippen LogP contribution >= 0.6 is 0 Å². The smallest absolute Gasteiger partial charge is 0.303 e. The molecular formula is C16H30O3. The van der Waals surface area contributed by atoms with E-state index >= 15 is 0 Å². The molecule has 0 aliphatic carbocycles. The number of aliphatic hydroxyl groups is 1. The maximum absolute atomic E-state index is 10.3. The highest BCUT2D eigenvalue weighted by Crippen LogP contribution is 2.08. The van der Waals surface area contributed by atoms with Gasteiger partial charge in [-0.05, 0) is 25.7 Å². The van der Waals surface area contributed by atoms with Gasteiger partial charge in [-0.15, -0.1) is 0 Å². The van der Waals surface area contributed by atoms with E-state index in [9.17, 15) is 9.90 Å². The third kappa shape index (κ3) is 15.1. The van der Waals surface area contributed by atoms with E-state index in [4.69, 9.17) is 5.11 Å². The van der Waals surface area contributed by atoms with Crippen molar-refractivity contribution in [3.8, 4) is 0 Å². The number of carbonyl (C=O) groups is 1. The number of hydrogen-bond acceptors (Lipinski definition) is 2. The molecule has 0 aromatic heterocycles. The summed E-state index contributed by atoms with van der Waals surface area (Å²) in [6.07, 6.45) is 14.5. The van der Waals surface area contributed by atoms with E-state index in [1.54, 1.807) is 0 Å². The molecule has 0 amide bonds. The first-order valence-corrected chi connectivity index (χ1v) is 7.73. The number of allylic oxidation sites excluding steroid dienone is 1. The van der Waals surface area contributed by atoms with Gasteiger partial charge in [0, 0.05) is 6.42 Å². The summed E-state index contributed by atoms with van der Waals surface area (Å²) in [6.45, 7) is 2.19. The molecule has 0 aliphatic rings. The highest BCUT2D eigenvalue weighted by Gasteiger charge is 1.98. The Bertz CT molecular complexity index is 236. The van der Waals surface area contributed by atoms with Gasteiger partial charge in [0.1, 0.15) is 0 Å². The first kappa shape index (κ1) is 18.2. The summed E-state index contributed by atoms with van der Waals surface area (Å²) in [6, 6.07) is 0. The molecule has 0 spiro atoms. The zero-order chi connectivity index (χ0) is 14.3. The fourth-order valence-electron chi connectivity index (χ4n) is 2.02. The van der Waals surface area contributed by atoms with Gasteiger partial charge in [-0.1, -0.05) is 57.6 Å². The van der Waals surface area contributed by atoms with E-state index in [0.717, 1.165) is 44.9 Å². The number of unbranched alkanes of at least 4 members (excludes halogenated alkanes) is 7. The van der Waals surface area contributed by atoms with Crippen molar-refractivity contribution in [2.24, 2.45) is 0 Å². The van der Waals surface area contributed by atoms with Crippen molar-refractivity contribution in [2.45, 2.75) is 83.7 Å². The van der Waals surface area contributed by atoms with Crippen LogP contribution in [0.15, 0.2) is 12.2 Å². The van der Waals surface area contributed by atoms with Gasteiger partial charge in [0.05, 0.1) is 6.10 Å². The average Bonchev–Trinajstić information content (AvgIpc) is 2.37. The number of aliphatic carboxylic acids is 1. The zero-order valence-corrected chi connectivity index (χ0v) is 12.3. The molecule has 19 heavy (non-hydrogen) atoms. The number of aliphatic hydroxyl groups excluding tert-OH is 1. The maximum atomic E-state index is 10.3. The summed E-state index contributed by atoms with van der Waals surface area (Å²) >= 11 is 0. The summed E-state index contributed by atoms with van der Waals surface area (Å²) in [4.78, 5) is 10.3. The van der Waals surface area contributed by atoms with Gasteiger partial charge in [0.15, 0.2) is 0 Å². The summed E-state index contributed by atoms with van der Waals surface area (Å²) in [5, 5.41) is 18.2. The molecule has 0 saturated carbocycles. The normalized spacial score (nSPS) is 12.9. The molecule has 0 heterocycles. The average molecular weight is 270 g/mol. The van der Waals surface area contributed by atoms with E-state index in [2.05, 4.69) is 13.0 Å². The van der Waals surface area contributed by atoms with Crippen LogP contribution in [0.1, 0.15) is 77.6 Å². The van der Waals surface area contributed by atoms with Crippen molar-refractivity contribution in [1.29, 1.82) is 0 Å². The van der Waals surface area contributed by atoms with Crippen molar-refractivity contribution in [2.75, 3.05) is 0 Å². The molecule has 0 aliphatic heterocycles. The number of rotatable bonds is 13. The van der Waals surface area contributed by atoms with Gasteiger partial charge >= 0.3 is 5.97 Å². The number of carboxylic acids is 1. The lowest BCUT2D eigenvalue weighted by atomic mass is 10.1. The van der Waals surface area contributed by atoms with Gasteiger partial charge in [0.25, 0.3) is 0 Å². The molecule has 0 bridgehead atoms. The lowest BCUT2D eigenvalue weighted by Gasteiger charge is -2.04. The Hall–Kier alpha value is -0.830. The van der Waals surface area contributed by atoms with E-state index in [-0.39, 0.29) is 12.5 Å². The summed E-state index contributed by atoms with van der Waals surface area (Å²) < 4.78 is 0. The van der Waals surface area contributed by atoms with Crippen LogP contribution in [-0.2, 0) is 4.79 Å². The van der Waals surface area contributed by atoms with Crippen LogP contribution in [0.3, 0.4) is 0 Å². The van der Waals surface area contributed by atoms with E-state index in [1.807, 2.05) is 6.08 Å². The standard InChI is InChI=1S/C16H30O3/c1-2-3-4-9-12-15(17)13-10-7-5-6-8-11-14-16(18)19/h10,13,15,17H,2-9,11-12,14H2,1H3,(H,18,19)/b13-10+/t15-/m0/s1. The van der Waals surface area contributed by atoms with Crippen LogP contribution in [0.2, 0.25) is 0 Å². The van der Waals surface area contributed by atoms with Crippen LogP contribution in [-0.4, -0.2) is 22.3 Å². The highest BCUT2D eigenvalue weighted by atomic mass is 16.4. The Morgan fingerprint density at radius 2 is 1.74 bits per heavy atom. The molecule has 0 rings (SSSR count). The SMILES string of the molecule is CCCCCC[C@H](O)/C=C/CCCCCCC(=O)O. The third-order valence-corrected chi connectivity index (χ3v) is 3.22. The molecule has 112 valence electrons. The topological polar surface area (TPSA) is 57.5 Å². The van der Waals surface area contributed by atoms with Crippen molar-refractivity contribution >= 4 is 5.97 Å². The van der Waals surface area contributed by atoms with Crippen LogP contribution in [0.25, 0.3) is 0 Å². The second-order valence-corrected chi connectivity index (χ2v) is 5.19. The van der Waals surface area contributed by atoms with Gasteiger partial charge in [-0.2, -0.15) is 0 Å². The van der Waals surface area contributed by atoms with Crippen molar-refractivity contribution in [1.82, 2.24) is 0 Å². The molecule has 1 atom stereocenters. The monoisotopic (exact) mass is 270 g/mol. The van der Waals surface area contributed by atoms with Crippen LogP contribution < -0.4 is 0 Å². The lowest BCUT2D eigenvalue weighted by Crippen LogP contribution is -2.01. The molecule has 0 radical (unpaired) electrons. The number of hydrogen-bond donors (Lipinski definition) is 2. The van der Waals surface area contributed by atoms with Gasteiger partial charge < -0.3 is 10.2 Å². The molecule has 0 fully saturated rings. The first-order chi connectivity index (χ1) is 9.16. The molecule has 3 heteroatoms. The van der Waals surface area contributed by atoms with Crippen LogP contribution in [0.5, 0.6) is 0 Å². The molecule has 2 N–H and O–H groups in total. The minimum absolute atomic E-state index is 0.284. The second kappa shape index (κ2) is 13.6. The van der Waals surface area contributed by atoms with Gasteiger partial charge in [-0.3, -0.25) is 4.79 Å². The summed E-state index contributed by atoms with van der Waals surface area (Å²) in [5.41, 5.74) is 0. The molecule has 3 nitrogen and oxygen atoms in total. The minimum Gasteiger partial charge on any atom is -0.481 e. The minimum atomic E-state index is -0.703. The van der Waals surface area contributed by atoms with Crippen LogP contribution in [0, 0.1) is 0 Å². The predicted molar refractivity (Wildman–Crippen MR) is 79.2 cm³/mol. The Kier molecular flexibility index (Phi) is 13.0. The Labute approximate surface area is 117 Å². The Balaban J connectivity index is 3.29. The summed E-state index contributed by atoms with van der Waals surface area (Å²) in [5.74, 6) is -0.703.